The van der Waals surface area contributed by atoms with Crippen molar-refractivity contribution in [2.24, 2.45) is 0 Å². The van der Waals surface area contributed by atoms with E-state index in [9.17, 15) is 9.59 Å². The lowest BCUT2D eigenvalue weighted by atomic mass is 10.1. The van der Waals surface area contributed by atoms with E-state index in [0.29, 0.717) is 11.2 Å². The van der Waals surface area contributed by atoms with Crippen molar-refractivity contribution >= 4 is 17.1 Å². The SMILES string of the molecule is CC(C)(C(=O)O)n1c(=O)[nH]c2ncccc21. The zero-order valence-electron chi connectivity index (χ0n) is 8.89. The Morgan fingerprint density at radius 2 is 2.25 bits per heavy atom. The van der Waals surface area contributed by atoms with Gasteiger partial charge in [0, 0.05) is 6.20 Å². The van der Waals surface area contributed by atoms with Gasteiger partial charge in [0.15, 0.2) is 5.65 Å². The van der Waals surface area contributed by atoms with Crippen molar-refractivity contribution in [1.82, 2.24) is 14.5 Å². The third-order valence-corrected chi connectivity index (χ3v) is 2.54. The molecule has 6 nitrogen and oxygen atoms in total. The van der Waals surface area contributed by atoms with Gasteiger partial charge in [-0.3, -0.25) is 9.55 Å². The van der Waals surface area contributed by atoms with Crippen LogP contribution in [0.3, 0.4) is 0 Å². The monoisotopic (exact) mass is 221 g/mol. The predicted octanol–water partition coefficient (Wildman–Crippen LogP) is 0.544. The Balaban J connectivity index is 2.83. The molecule has 0 radical (unpaired) electrons. The molecule has 0 aliphatic carbocycles. The molecule has 6 heteroatoms. The average molecular weight is 221 g/mol. The number of nitrogens with zero attached hydrogens (tertiary/aromatic N) is 2. The molecule has 0 bridgehead atoms. The first-order chi connectivity index (χ1) is 7.44. The summed E-state index contributed by atoms with van der Waals surface area (Å²) >= 11 is 0. The van der Waals surface area contributed by atoms with Crippen molar-refractivity contribution in [1.29, 1.82) is 0 Å². The summed E-state index contributed by atoms with van der Waals surface area (Å²) in [5, 5.41) is 9.10. The van der Waals surface area contributed by atoms with Crippen molar-refractivity contribution in [2.75, 3.05) is 0 Å². The number of carboxylic acids is 1. The normalized spacial score (nSPS) is 11.9. The van der Waals surface area contributed by atoms with Crippen LogP contribution < -0.4 is 5.69 Å². The molecule has 0 spiro atoms. The average Bonchev–Trinajstić information content (AvgIpc) is 2.53. The van der Waals surface area contributed by atoms with Gasteiger partial charge in [-0.1, -0.05) is 0 Å². The maximum absolute atomic E-state index is 11.7. The van der Waals surface area contributed by atoms with Gasteiger partial charge in [0.25, 0.3) is 0 Å². The number of rotatable bonds is 2. The number of nitrogens with one attached hydrogen (secondary N) is 1. The summed E-state index contributed by atoms with van der Waals surface area (Å²) in [5.41, 5.74) is -0.902. The van der Waals surface area contributed by atoms with Crippen LogP contribution in [-0.2, 0) is 10.3 Å². The molecule has 2 rings (SSSR count). The van der Waals surface area contributed by atoms with E-state index in [-0.39, 0.29) is 0 Å². The minimum absolute atomic E-state index is 0.391. The van der Waals surface area contributed by atoms with Gasteiger partial charge in [0.1, 0.15) is 5.54 Å². The zero-order valence-corrected chi connectivity index (χ0v) is 8.89. The number of pyridine rings is 1. The second-order valence-corrected chi connectivity index (χ2v) is 4.00. The van der Waals surface area contributed by atoms with Gasteiger partial charge in [0.2, 0.25) is 0 Å². The fourth-order valence-corrected chi connectivity index (χ4v) is 1.59. The second kappa shape index (κ2) is 3.19. The molecule has 2 heterocycles. The minimum atomic E-state index is -1.31. The molecule has 2 N–H and O–H groups in total. The number of aromatic amines is 1. The Bertz CT molecular complexity index is 609. The molecule has 2 aromatic rings. The van der Waals surface area contributed by atoms with E-state index in [0.717, 1.165) is 0 Å². The van der Waals surface area contributed by atoms with E-state index in [4.69, 9.17) is 5.11 Å². The summed E-state index contributed by atoms with van der Waals surface area (Å²) in [5.74, 6) is -1.07. The summed E-state index contributed by atoms with van der Waals surface area (Å²) in [7, 11) is 0. The molecule has 0 saturated heterocycles. The summed E-state index contributed by atoms with van der Waals surface area (Å²) < 4.78 is 1.19. The highest BCUT2D eigenvalue weighted by atomic mass is 16.4. The maximum Gasteiger partial charge on any atom is 0.329 e. The van der Waals surface area contributed by atoms with Crippen LogP contribution >= 0.6 is 0 Å². The Hall–Kier alpha value is -2.11. The lowest BCUT2D eigenvalue weighted by molar-refractivity contribution is -0.145. The molecule has 0 atom stereocenters. The Kier molecular flexibility index (Phi) is 2.08. The quantitative estimate of drug-likeness (QED) is 0.774. The van der Waals surface area contributed by atoms with Gasteiger partial charge < -0.3 is 5.11 Å². The summed E-state index contributed by atoms with van der Waals surface area (Å²) in [6.45, 7) is 2.94. The zero-order chi connectivity index (χ0) is 11.9. The van der Waals surface area contributed by atoms with Gasteiger partial charge in [0.05, 0.1) is 5.52 Å². The van der Waals surface area contributed by atoms with Crippen LogP contribution in [0, 0.1) is 0 Å². The first-order valence-corrected chi connectivity index (χ1v) is 4.74. The largest absolute Gasteiger partial charge is 0.480 e. The molecule has 0 aliphatic rings. The molecule has 16 heavy (non-hydrogen) atoms. The van der Waals surface area contributed by atoms with E-state index in [1.807, 2.05) is 0 Å². The molecule has 84 valence electrons. The molecule has 2 aromatic heterocycles. The van der Waals surface area contributed by atoms with E-state index >= 15 is 0 Å². The number of H-pyrrole nitrogens is 1. The molecule has 0 unspecified atom stereocenters. The number of imidazole rings is 1. The van der Waals surface area contributed by atoms with Crippen LogP contribution in [0.15, 0.2) is 23.1 Å². The third kappa shape index (κ3) is 1.30. The Morgan fingerprint density at radius 3 is 2.88 bits per heavy atom. The van der Waals surface area contributed by atoms with Crippen molar-refractivity contribution in [3.05, 3.63) is 28.8 Å². The number of fused-ring (bicyclic) bond motifs is 1. The lowest BCUT2D eigenvalue weighted by Crippen LogP contribution is -2.41. The van der Waals surface area contributed by atoms with Crippen LogP contribution in [0.5, 0.6) is 0 Å². The lowest BCUT2D eigenvalue weighted by Gasteiger charge is -2.20. The van der Waals surface area contributed by atoms with Crippen molar-refractivity contribution in [3.63, 3.8) is 0 Å². The topological polar surface area (TPSA) is 88.0 Å². The number of aliphatic carboxylic acids is 1. The predicted molar refractivity (Wildman–Crippen MR) is 57.3 cm³/mol. The fourth-order valence-electron chi connectivity index (χ4n) is 1.59. The van der Waals surface area contributed by atoms with Crippen molar-refractivity contribution in [2.45, 2.75) is 19.4 Å². The van der Waals surface area contributed by atoms with E-state index in [2.05, 4.69) is 9.97 Å². The number of hydrogen-bond donors (Lipinski definition) is 2. The Morgan fingerprint density at radius 1 is 1.56 bits per heavy atom. The van der Waals surface area contributed by atoms with Crippen LogP contribution in [0.4, 0.5) is 0 Å². The fraction of sp³-hybridized carbons (Fsp3) is 0.300. The van der Waals surface area contributed by atoms with Gasteiger partial charge in [-0.15, -0.1) is 0 Å². The molecule has 0 aromatic carbocycles. The molecule has 0 amide bonds. The number of carbonyl (C=O) groups is 1. The molecular formula is C10H11N3O3. The first-order valence-electron chi connectivity index (χ1n) is 4.74. The summed E-state index contributed by atoms with van der Waals surface area (Å²) in [6, 6.07) is 3.31. The first kappa shape index (κ1) is 10.4. The van der Waals surface area contributed by atoms with Crippen molar-refractivity contribution < 1.29 is 9.90 Å². The molecule has 0 saturated carbocycles. The van der Waals surface area contributed by atoms with Crippen LogP contribution in [-0.4, -0.2) is 25.6 Å². The summed E-state index contributed by atoms with van der Waals surface area (Å²) in [4.78, 5) is 29.3. The molecule has 0 fully saturated rings. The highest BCUT2D eigenvalue weighted by Crippen LogP contribution is 2.18. The summed E-state index contributed by atoms with van der Waals surface area (Å²) in [6.07, 6.45) is 1.54. The number of carboxylic acid groups (broad SMARTS) is 1. The highest BCUT2D eigenvalue weighted by Gasteiger charge is 2.32. The smallest absolute Gasteiger partial charge is 0.329 e. The molecule has 0 aliphatic heterocycles. The van der Waals surface area contributed by atoms with Crippen LogP contribution in [0.25, 0.3) is 11.2 Å². The Labute approximate surface area is 90.5 Å². The van der Waals surface area contributed by atoms with E-state index in [1.54, 1.807) is 12.1 Å². The second-order valence-electron chi connectivity index (χ2n) is 4.00. The van der Waals surface area contributed by atoms with Gasteiger partial charge in [-0.25, -0.2) is 14.6 Å². The number of aromatic nitrogens is 3. The standard InChI is InChI=1S/C10H11N3O3/c1-10(2,8(14)15)13-6-4-3-5-11-7(6)12-9(13)16/h3-5H,1-2H3,(H,14,15)(H,11,12,16). The van der Waals surface area contributed by atoms with Crippen LogP contribution in [0.2, 0.25) is 0 Å². The minimum Gasteiger partial charge on any atom is -0.480 e. The van der Waals surface area contributed by atoms with E-state index < -0.39 is 17.2 Å². The van der Waals surface area contributed by atoms with E-state index in [1.165, 1.54) is 24.6 Å². The van der Waals surface area contributed by atoms with Gasteiger partial charge in [-0.05, 0) is 26.0 Å². The highest BCUT2D eigenvalue weighted by molar-refractivity contribution is 5.80. The van der Waals surface area contributed by atoms with Crippen LogP contribution in [0.1, 0.15) is 13.8 Å². The third-order valence-electron chi connectivity index (χ3n) is 2.54. The van der Waals surface area contributed by atoms with Gasteiger partial charge >= 0.3 is 11.7 Å². The molecular weight excluding hydrogens is 210 g/mol. The van der Waals surface area contributed by atoms with Gasteiger partial charge in [-0.2, -0.15) is 0 Å². The van der Waals surface area contributed by atoms with Crippen molar-refractivity contribution in [3.8, 4) is 0 Å². The number of hydrogen-bond acceptors (Lipinski definition) is 3. The maximum atomic E-state index is 11.7.